The van der Waals surface area contributed by atoms with Crippen molar-refractivity contribution in [3.63, 3.8) is 0 Å². The SMILES string of the molecule is [2H]C([2H])([2H])N1C([2H])([2H])C([2H])([2H])N(CO)C([2H])([2H])C1([2H])[2H]. The Labute approximate surface area is 71.3 Å². The molecule has 54 valence electrons. The van der Waals surface area contributed by atoms with Crippen LogP contribution in [0.15, 0.2) is 0 Å². The molecule has 0 amide bonds. The molecule has 1 saturated heterocycles. The molecule has 1 N–H and O–H groups in total. The second-order valence-electron chi connectivity index (χ2n) is 1.35. The first kappa shape index (κ1) is 1.40. The normalized spacial score (nSPS) is 66.6. The molecule has 0 atom stereocenters. The van der Waals surface area contributed by atoms with Crippen molar-refractivity contribution in [2.24, 2.45) is 0 Å². The molecule has 0 aliphatic carbocycles. The third kappa shape index (κ3) is 1.93. The van der Waals surface area contributed by atoms with Crippen LogP contribution < -0.4 is 0 Å². The van der Waals surface area contributed by atoms with Gasteiger partial charge < -0.3 is 10.0 Å². The molecule has 0 unspecified atom stereocenters. The van der Waals surface area contributed by atoms with Gasteiger partial charge in [0.25, 0.3) is 0 Å². The maximum Gasteiger partial charge on any atom is 0.0957 e. The van der Waals surface area contributed by atoms with Crippen LogP contribution in [0.1, 0.15) is 15.1 Å². The van der Waals surface area contributed by atoms with E-state index in [1.165, 1.54) is 0 Å². The minimum atomic E-state index is -3.42. The van der Waals surface area contributed by atoms with Gasteiger partial charge in [-0.2, -0.15) is 0 Å². The van der Waals surface area contributed by atoms with E-state index in [1.54, 1.807) is 0 Å². The molecule has 0 aromatic rings. The van der Waals surface area contributed by atoms with E-state index in [2.05, 4.69) is 0 Å². The summed E-state index contributed by atoms with van der Waals surface area (Å²) in [6, 6.07) is 0. The molecule has 0 radical (unpaired) electrons. The van der Waals surface area contributed by atoms with E-state index < -0.39 is 44.6 Å². The molecule has 1 heterocycles. The van der Waals surface area contributed by atoms with Crippen LogP contribution in [0.4, 0.5) is 0 Å². The molecule has 1 aliphatic rings. The highest BCUT2D eigenvalue weighted by Gasteiger charge is 2.11. The molecule has 0 spiro atoms. The first-order valence-corrected chi connectivity index (χ1v) is 2.25. The molecule has 1 aliphatic heterocycles. The Morgan fingerprint density at radius 2 is 2.22 bits per heavy atom. The average molecular weight is 141 g/mol. The lowest BCUT2D eigenvalue weighted by molar-refractivity contribution is 0.0630. The fourth-order valence-corrected chi connectivity index (χ4v) is 0.347. The predicted octanol–water partition coefficient (Wildman–Crippen LogP) is -0.816. The van der Waals surface area contributed by atoms with Crippen LogP contribution in [-0.2, 0) is 0 Å². The summed E-state index contributed by atoms with van der Waals surface area (Å²) < 4.78 is 82.3. The van der Waals surface area contributed by atoms with E-state index in [9.17, 15) is 0 Å². The molecule has 9 heavy (non-hydrogen) atoms. The van der Waals surface area contributed by atoms with E-state index in [0.717, 1.165) is 0 Å². The maximum atomic E-state index is 9.07. The van der Waals surface area contributed by atoms with Crippen molar-refractivity contribution < 1.29 is 20.2 Å². The van der Waals surface area contributed by atoms with Crippen molar-refractivity contribution in [3.8, 4) is 0 Å². The lowest BCUT2D eigenvalue weighted by Crippen LogP contribution is -2.44. The highest BCUT2D eigenvalue weighted by Crippen LogP contribution is 1.95. The summed E-state index contributed by atoms with van der Waals surface area (Å²) in [5, 5.41) is 9.07. The van der Waals surface area contributed by atoms with E-state index in [4.69, 9.17) is 20.2 Å². The fraction of sp³-hybridized carbons (Fsp3) is 1.00. The highest BCUT2D eigenvalue weighted by molar-refractivity contribution is 4.65. The highest BCUT2D eigenvalue weighted by atomic mass is 16.3. The third-order valence-corrected chi connectivity index (χ3v) is 0.735. The summed E-state index contributed by atoms with van der Waals surface area (Å²) in [5.41, 5.74) is 0. The minimum Gasteiger partial charge on any atom is -0.381 e. The fourth-order valence-electron chi connectivity index (χ4n) is 0.347. The molecule has 0 aromatic carbocycles. The zero-order valence-electron chi connectivity index (χ0n) is 15.5. The van der Waals surface area contributed by atoms with Crippen molar-refractivity contribution in [3.05, 3.63) is 0 Å². The van der Waals surface area contributed by atoms with Crippen LogP contribution in [0, 0.1) is 0 Å². The van der Waals surface area contributed by atoms with Crippen LogP contribution in [-0.4, -0.2) is 54.6 Å². The van der Waals surface area contributed by atoms with Gasteiger partial charge in [-0.25, -0.2) is 0 Å². The molecule has 0 aromatic heterocycles. The van der Waals surface area contributed by atoms with Gasteiger partial charge in [0.2, 0.25) is 0 Å². The number of hydrogen-bond acceptors (Lipinski definition) is 3. The van der Waals surface area contributed by atoms with Crippen molar-refractivity contribution in [2.45, 2.75) is 0 Å². The third-order valence-electron chi connectivity index (χ3n) is 0.735. The van der Waals surface area contributed by atoms with Crippen molar-refractivity contribution in [1.82, 2.24) is 9.80 Å². The van der Waals surface area contributed by atoms with Crippen molar-refractivity contribution in [1.29, 1.82) is 0 Å². The van der Waals surface area contributed by atoms with Gasteiger partial charge in [0, 0.05) is 41.1 Å². The van der Waals surface area contributed by atoms with E-state index in [-0.39, 0.29) is 4.90 Å². The summed E-state index contributed by atoms with van der Waals surface area (Å²) in [6.07, 6.45) is 0. The Balaban J connectivity index is 3.63. The molecule has 3 nitrogen and oxygen atoms in total. The second-order valence-corrected chi connectivity index (χ2v) is 1.35. The molecule has 3 heteroatoms. The lowest BCUT2D eigenvalue weighted by Gasteiger charge is -2.30. The van der Waals surface area contributed by atoms with Crippen LogP contribution >= 0.6 is 0 Å². The van der Waals surface area contributed by atoms with Crippen LogP contribution in [0.3, 0.4) is 0 Å². The number of likely N-dealkylation sites (N-methyl/N-ethyl adjacent to an activating group) is 1. The summed E-state index contributed by atoms with van der Waals surface area (Å²) in [7, 11) is 0. The number of nitrogens with zero attached hydrogens (tertiary/aromatic N) is 2. The average Bonchev–Trinajstić information content (AvgIpc) is 2.11. The van der Waals surface area contributed by atoms with Crippen molar-refractivity contribution >= 4 is 0 Å². The van der Waals surface area contributed by atoms with E-state index in [1.807, 2.05) is 0 Å². The summed E-state index contributed by atoms with van der Waals surface area (Å²) >= 11 is 0. The molecule has 0 saturated carbocycles. The zero-order valence-corrected chi connectivity index (χ0v) is 4.55. The van der Waals surface area contributed by atoms with Gasteiger partial charge in [0.15, 0.2) is 0 Å². The summed E-state index contributed by atoms with van der Waals surface area (Å²) in [5.74, 6) is 0. The lowest BCUT2D eigenvalue weighted by atomic mass is 10.3. The maximum absolute atomic E-state index is 9.07. The van der Waals surface area contributed by atoms with Gasteiger partial charge in [-0.3, -0.25) is 4.90 Å². The van der Waals surface area contributed by atoms with Gasteiger partial charge in [0.1, 0.15) is 0 Å². The molecule has 1 rings (SSSR count). The van der Waals surface area contributed by atoms with Gasteiger partial charge in [-0.05, 0) is 6.98 Å². The Morgan fingerprint density at radius 3 is 2.67 bits per heavy atom. The monoisotopic (exact) mass is 141 g/mol. The molecule has 0 bridgehead atoms. The summed E-state index contributed by atoms with van der Waals surface area (Å²) in [4.78, 5) is -0.526. The van der Waals surface area contributed by atoms with Crippen LogP contribution in [0.5, 0.6) is 0 Å². The largest absolute Gasteiger partial charge is 0.381 e. The molecular formula is C6H14N2O. The standard InChI is InChI=1S/C6H14N2O/c1-7-2-4-8(6-9)5-3-7/h9H,2-6H2,1H3/i1D3,2D2,3D2,4D2,5D2. The topological polar surface area (TPSA) is 26.7 Å². The summed E-state index contributed by atoms with van der Waals surface area (Å²) in [6.45, 7) is -18.1. The van der Waals surface area contributed by atoms with E-state index >= 15 is 0 Å². The predicted molar refractivity (Wildman–Crippen MR) is 36.2 cm³/mol. The number of hydrogen-bond donors (Lipinski definition) is 1. The zero-order chi connectivity index (χ0) is 16.4. The Bertz CT molecular complexity index is 363. The smallest absolute Gasteiger partial charge is 0.0957 e. The van der Waals surface area contributed by atoms with Gasteiger partial charge in [0.05, 0.1) is 6.73 Å². The van der Waals surface area contributed by atoms with Gasteiger partial charge in [-0.15, -0.1) is 0 Å². The number of piperazine rings is 1. The number of rotatable bonds is 1. The molecule has 1 fully saturated rings. The first-order chi connectivity index (χ1) is 8.56. The second kappa shape index (κ2) is 3.15. The van der Waals surface area contributed by atoms with Crippen molar-refractivity contribution in [2.75, 3.05) is 39.7 Å². The Kier molecular flexibility index (Phi) is 0.488. The quantitative estimate of drug-likeness (QED) is 0.517. The van der Waals surface area contributed by atoms with Crippen LogP contribution in [0.25, 0.3) is 0 Å². The van der Waals surface area contributed by atoms with E-state index in [0.29, 0.717) is 0 Å². The van der Waals surface area contributed by atoms with Gasteiger partial charge in [-0.1, -0.05) is 0 Å². The first-order valence-electron chi connectivity index (χ1n) is 7.75. The molecular weight excluding hydrogens is 116 g/mol. The minimum absolute atomic E-state index is 0.0811. The van der Waals surface area contributed by atoms with Gasteiger partial charge >= 0.3 is 0 Å². The number of aliphatic hydroxyl groups is 1. The van der Waals surface area contributed by atoms with Crippen LogP contribution in [0.2, 0.25) is 0 Å². The number of aliphatic hydroxyl groups excluding tert-OH is 1. The Hall–Kier alpha value is -0.120. The Morgan fingerprint density at radius 1 is 1.56 bits per heavy atom.